The summed E-state index contributed by atoms with van der Waals surface area (Å²) < 4.78 is 7.12. The molecule has 1 aliphatic heterocycles. The largest absolute Gasteiger partial charge is 0.394 e. The van der Waals surface area contributed by atoms with E-state index in [1.54, 1.807) is 0 Å². The average Bonchev–Trinajstić information content (AvgIpc) is 2.73. The Morgan fingerprint density at radius 1 is 1.55 bits per heavy atom. The van der Waals surface area contributed by atoms with E-state index in [0.29, 0.717) is 3.39 Å². The third-order valence-electron chi connectivity index (χ3n) is 2.95. The second kappa shape index (κ2) is 6.35. The van der Waals surface area contributed by atoms with Gasteiger partial charge in [0, 0.05) is 12.6 Å². The topological polar surface area (TPSA) is 105 Å². The second-order valence-corrected chi connectivity index (χ2v) is 7.07. The summed E-state index contributed by atoms with van der Waals surface area (Å²) in [7, 11) is 0. The molecule has 20 heavy (non-hydrogen) atoms. The van der Waals surface area contributed by atoms with Gasteiger partial charge in [-0.1, -0.05) is 0 Å². The number of aliphatic hydroxyl groups excluding tert-OH is 2. The lowest BCUT2D eigenvalue weighted by atomic mass is 10.2. The number of H-pyrrole nitrogens is 1. The molecule has 1 aromatic heterocycles. The van der Waals surface area contributed by atoms with Crippen LogP contribution in [-0.4, -0.2) is 38.6 Å². The quantitative estimate of drug-likeness (QED) is 0.662. The van der Waals surface area contributed by atoms with Crippen molar-refractivity contribution in [2.45, 2.75) is 24.9 Å². The van der Waals surface area contributed by atoms with Gasteiger partial charge in [0.1, 0.15) is 12.3 Å². The minimum atomic E-state index is -0.856. The molecule has 0 saturated carbocycles. The molecular weight excluding hydrogens is 400 g/mol. The van der Waals surface area contributed by atoms with E-state index in [4.69, 9.17) is 9.84 Å². The lowest BCUT2D eigenvalue weighted by Gasteiger charge is -2.14. The third-order valence-corrected chi connectivity index (χ3v) is 3.41. The summed E-state index contributed by atoms with van der Waals surface area (Å²) in [6.45, 7) is -0.338. The van der Waals surface area contributed by atoms with E-state index in [-0.39, 0.29) is 18.6 Å². The lowest BCUT2D eigenvalue weighted by Crippen LogP contribution is -2.33. The Labute approximate surface area is 130 Å². The number of aliphatic hydroxyl groups is 2. The highest BCUT2D eigenvalue weighted by molar-refractivity contribution is 9.28. The van der Waals surface area contributed by atoms with Gasteiger partial charge in [-0.3, -0.25) is 14.3 Å². The fourth-order valence-corrected chi connectivity index (χ4v) is 2.48. The molecule has 0 radical (unpaired) electrons. The van der Waals surface area contributed by atoms with Crippen LogP contribution >= 0.6 is 31.9 Å². The number of hydrogen-bond donors (Lipinski definition) is 3. The van der Waals surface area contributed by atoms with Crippen LogP contribution in [0.2, 0.25) is 0 Å². The van der Waals surface area contributed by atoms with E-state index in [0.717, 1.165) is 0 Å². The van der Waals surface area contributed by atoms with Crippen LogP contribution in [0.1, 0.15) is 18.2 Å². The summed E-state index contributed by atoms with van der Waals surface area (Å²) in [4.78, 5) is 25.6. The molecule has 7 nitrogen and oxygen atoms in total. The highest BCUT2D eigenvalue weighted by Crippen LogP contribution is 2.27. The SMILES string of the molecule is O=c1[nH]c(=O)n(C2CC(O)C(CO)O2)cc1C=C(Br)Br. The summed E-state index contributed by atoms with van der Waals surface area (Å²) in [5.74, 6) is 0. The second-order valence-electron chi connectivity index (χ2n) is 4.30. The number of ether oxygens (including phenoxy) is 1. The molecule has 0 aromatic carbocycles. The molecule has 1 fully saturated rings. The van der Waals surface area contributed by atoms with Gasteiger partial charge in [-0.15, -0.1) is 0 Å². The molecule has 9 heteroatoms. The molecule has 3 N–H and O–H groups in total. The van der Waals surface area contributed by atoms with Crippen LogP contribution in [-0.2, 0) is 4.74 Å². The van der Waals surface area contributed by atoms with E-state index in [9.17, 15) is 14.7 Å². The number of hydrogen-bond acceptors (Lipinski definition) is 5. The van der Waals surface area contributed by atoms with E-state index < -0.39 is 29.7 Å². The molecule has 2 heterocycles. The molecule has 0 spiro atoms. The summed E-state index contributed by atoms with van der Waals surface area (Å²) in [5, 5.41) is 18.7. The van der Waals surface area contributed by atoms with Gasteiger partial charge in [-0.2, -0.15) is 0 Å². The predicted molar refractivity (Wildman–Crippen MR) is 78.8 cm³/mol. The van der Waals surface area contributed by atoms with Crippen molar-refractivity contribution in [1.29, 1.82) is 0 Å². The van der Waals surface area contributed by atoms with Gasteiger partial charge >= 0.3 is 5.69 Å². The zero-order valence-corrected chi connectivity index (χ0v) is 13.3. The number of aromatic nitrogens is 2. The minimum Gasteiger partial charge on any atom is -0.394 e. The van der Waals surface area contributed by atoms with Crippen molar-refractivity contribution >= 4 is 37.9 Å². The van der Waals surface area contributed by atoms with Gasteiger partial charge in [-0.05, 0) is 37.9 Å². The average molecular weight is 412 g/mol. The van der Waals surface area contributed by atoms with Crippen molar-refractivity contribution in [2.75, 3.05) is 6.61 Å². The summed E-state index contributed by atoms with van der Waals surface area (Å²) in [6, 6.07) is 0. The van der Waals surface area contributed by atoms with Crippen molar-refractivity contribution in [3.05, 3.63) is 36.0 Å². The van der Waals surface area contributed by atoms with Crippen LogP contribution in [0.15, 0.2) is 19.2 Å². The van der Waals surface area contributed by atoms with Crippen molar-refractivity contribution in [3.63, 3.8) is 0 Å². The Balaban J connectivity index is 2.40. The molecule has 1 saturated heterocycles. The molecule has 3 unspecified atom stereocenters. The van der Waals surface area contributed by atoms with E-state index in [1.807, 2.05) is 0 Å². The first-order chi connectivity index (χ1) is 9.42. The number of aromatic amines is 1. The van der Waals surface area contributed by atoms with E-state index in [2.05, 4.69) is 36.8 Å². The Hall–Kier alpha value is -0.740. The van der Waals surface area contributed by atoms with Crippen molar-refractivity contribution in [3.8, 4) is 0 Å². The Kier molecular flexibility index (Phi) is 4.97. The standard InChI is InChI=1S/C11H12Br2N2O5/c12-8(13)1-5-3-15(11(19)14-10(5)18)9-2-6(17)7(4-16)20-9/h1,3,6-7,9,16-17H,2,4H2,(H,14,18,19). The molecule has 2 rings (SSSR count). The fraction of sp³-hybridized carbons (Fsp3) is 0.455. The first-order valence-corrected chi connectivity index (χ1v) is 7.33. The van der Waals surface area contributed by atoms with Crippen molar-refractivity contribution in [1.82, 2.24) is 9.55 Å². The van der Waals surface area contributed by atoms with E-state index >= 15 is 0 Å². The first kappa shape index (κ1) is 15.6. The number of nitrogens with zero attached hydrogens (tertiary/aromatic N) is 1. The summed E-state index contributed by atoms with van der Waals surface area (Å²) in [6.07, 6.45) is 0.680. The molecule has 0 bridgehead atoms. The van der Waals surface area contributed by atoms with Crippen LogP contribution < -0.4 is 11.2 Å². The number of nitrogens with one attached hydrogen (secondary N) is 1. The zero-order valence-electron chi connectivity index (χ0n) is 10.1. The smallest absolute Gasteiger partial charge is 0.330 e. The van der Waals surface area contributed by atoms with Crippen LogP contribution in [0.5, 0.6) is 0 Å². The number of halogens is 2. The third kappa shape index (κ3) is 3.29. The first-order valence-electron chi connectivity index (χ1n) is 5.75. The van der Waals surface area contributed by atoms with Gasteiger partial charge in [0.25, 0.3) is 5.56 Å². The van der Waals surface area contributed by atoms with Crippen LogP contribution in [0, 0.1) is 0 Å². The molecule has 0 aliphatic carbocycles. The van der Waals surface area contributed by atoms with Crippen LogP contribution in [0.3, 0.4) is 0 Å². The normalized spacial score (nSPS) is 25.7. The molecule has 3 atom stereocenters. The molecular formula is C11H12Br2N2O5. The highest BCUT2D eigenvalue weighted by atomic mass is 79.9. The summed E-state index contributed by atoms with van der Waals surface area (Å²) in [5.41, 5.74) is -0.910. The predicted octanol–water partition coefficient (Wildman–Crippen LogP) is 0.266. The Morgan fingerprint density at radius 3 is 2.80 bits per heavy atom. The number of rotatable bonds is 3. The summed E-state index contributed by atoms with van der Waals surface area (Å²) >= 11 is 6.27. The van der Waals surface area contributed by atoms with E-state index in [1.165, 1.54) is 16.8 Å². The zero-order chi connectivity index (χ0) is 14.9. The van der Waals surface area contributed by atoms with Gasteiger partial charge in [-0.25, -0.2) is 4.79 Å². The van der Waals surface area contributed by atoms with Crippen LogP contribution in [0.25, 0.3) is 6.08 Å². The van der Waals surface area contributed by atoms with Crippen molar-refractivity contribution < 1.29 is 14.9 Å². The maximum atomic E-state index is 11.8. The van der Waals surface area contributed by atoms with Gasteiger partial charge in [0.15, 0.2) is 0 Å². The van der Waals surface area contributed by atoms with Gasteiger partial charge in [0.2, 0.25) is 0 Å². The molecule has 1 aromatic rings. The van der Waals surface area contributed by atoms with Gasteiger partial charge in [0.05, 0.1) is 21.7 Å². The monoisotopic (exact) mass is 410 g/mol. The fourth-order valence-electron chi connectivity index (χ4n) is 1.99. The molecule has 1 aliphatic rings. The maximum Gasteiger partial charge on any atom is 0.330 e. The minimum absolute atomic E-state index is 0.163. The molecule has 110 valence electrons. The molecule has 0 amide bonds. The Bertz CT molecular complexity index is 634. The van der Waals surface area contributed by atoms with Gasteiger partial charge < -0.3 is 14.9 Å². The maximum absolute atomic E-state index is 11.8. The lowest BCUT2D eigenvalue weighted by molar-refractivity contribution is -0.0459. The van der Waals surface area contributed by atoms with Crippen molar-refractivity contribution in [2.24, 2.45) is 0 Å². The van der Waals surface area contributed by atoms with Crippen LogP contribution in [0.4, 0.5) is 0 Å². The highest BCUT2D eigenvalue weighted by Gasteiger charge is 2.35. The Morgan fingerprint density at radius 2 is 2.25 bits per heavy atom.